The summed E-state index contributed by atoms with van der Waals surface area (Å²) < 4.78 is 10.9. The Morgan fingerprint density at radius 3 is 2.69 bits per heavy atom. The molecule has 1 aromatic rings. The van der Waals surface area contributed by atoms with Crippen molar-refractivity contribution in [1.29, 1.82) is 0 Å². The van der Waals surface area contributed by atoms with Gasteiger partial charge in [-0.25, -0.2) is 4.79 Å². The second-order valence-corrected chi connectivity index (χ2v) is 4.14. The van der Waals surface area contributed by atoms with Gasteiger partial charge in [0.05, 0.1) is 7.11 Å². The molecule has 0 heterocycles. The molecule has 0 aliphatic rings. The molecule has 4 nitrogen and oxygen atoms in total. The first-order valence-electron chi connectivity index (χ1n) is 4.66. The Bertz CT molecular complexity index is 378. The maximum absolute atomic E-state index is 10.8. The predicted molar refractivity (Wildman–Crippen MR) is 62.8 cm³/mol. The summed E-state index contributed by atoms with van der Waals surface area (Å²) in [6.45, 7) is 0. The van der Waals surface area contributed by atoms with Gasteiger partial charge in [0.1, 0.15) is 5.75 Å². The summed E-state index contributed by atoms with van der Waals surface area (Å²) in [6.07, 6.45) is -0.586. The van der Waals surface area contributed by atoms with E-state index in [-0.39, 0.29) is 6.42 Å². The number of methoxy groups -OCH3 is 2. The largest absolute Gasteiger partial charge is 0.496 e. The number of rotatable bonds is 5. The number of halogens is 1. The van der Waals surface area contributed by atoms with Crippen LogP contribution in [0, 0.1) is 0 Å². The van der Waals surface area contributed by atoms with Crippen LogP contribution >= 0.6 is 15.9 Å². The van der Waals surface area contributed by atoms with E-state index in [1.54, 1.807) is 13.2 Å². The highest BCUT2D eigenvalue weighted by Gasteiger charge is 2.19. The van der Waals surface area contributed by atoms with Crippen LogP contribution in [-0.4, -0.2) is 31.4 Å². The highest BCUT2D eigenvalue weighted by Crippen LogP contribution is 2.24. The van der Waals surface area contributed by atoms with Gasteiger partial charge in [-0.15, -0.1) is 0 Å². The number of aliphatic carboxylic acids is 1. The zero-order valence-electron chi connectivity index (χ0n) is 9.07. The van der Waals surface area contributed by atoms with Crippen LogP contribution in [0.25, 0.3) is 0 Å². The minimum atomic E-state index is -0.982. The van der Waals surface area contributed by atoms with E-state index >= 15 is 0 Å². The van der Waals surface area contributed by atoms with Gasteiger partial charge in [0.25, 0.3) is 0 Å². The molecule has 0 aliphatic carbocycles. The quantitative estimate of drug-likeness (QED) is 0.902. The van der Waals surface area contributed by atoms with Crippen molar-refractivity contribution in [3.05, 3.63) is 28.2 Å². The second-order valence-electron chi connectivity index (χ2n) is 3.22. The van der Waals surface area contributed by atoms with Crippen LogP contribution in [-0.2, 0) is 16.0 Å². The molecular formula is C11H13BrO4. The predicted octanol–water partition coefficient (Wildman–Crippen LogP) is 2.10. The van der Waals surface area contributed by atoms with E-state index in [2.05, 4.69) is 15.9 Å². The number of carboxylic acid groups (broad SMARTS) is 1. The maximum Gasteiger partial charge on any atom is 0.333 e. The Hall–Kier alpha value is -1.07. The maximum atomic E-state index is 10.8. The molecule has 1 aromatic carbocycles. The van der Waals surface area contributed by atoms with Gasteiger partial charge in [0.2, 0.25) is 0 Å². The molecule has 0 amide bonds. The summed E-state index contributed by atoms with van der Waals surface area (Å²) in [6, 6.07) is 5.45. The zero-order valence-corrected chi connectivity index (χ0v) is 10.7. The summed E-state index contributed by atoms with van der Waals surface area (Å²) in [5, 5.41) is 8.89. The Kier molecular flexibility index (Phi) is 4.76. The lowest BCUT2D eigenvalue weighted by atomic mass is 10.1. The van der Waals surface area contributed by atoms with Crippen molar-refractivity contribution in [3.63, 3.8) is 0 Å². The number of benzene rings is 1. The number of hydrogen-bond donors (Lipinski definition) is 1. The van der Waals surface area contributed by atoms with Crippen molar-refractivity contribution >= 4 is 21.9 Å². The Morgan fingerprint density at radius 1 is 1.50 bits per heavy atom. The smallest absolute Gasteiger partial charge is 0.333 e. The van der Waals surface area contributed by atoms with Gasteiger partial charge in [-0.1, -0.05) is 15.9 Å². The fraction of sp³-hybridized carbons (Fsp3) is 0.364. The lowest BCUT2D eigenvalue weighted by molar-refractivity contribution is -0.148. The molecule has 0 fully saturated rings. The number of carboxylic acids is 1. The molecule has 1 atom stereocenters. The fourth-order valence-electron chi connectivity index (χ4n) is 1.38. The van der Waals surface area contributed by atoms with Gasteiger partial charge in [-0.2, -0.15) is 0 Å². The highest BCUT2D eigenvalue weighted by atomic mass is 79.9. The normalized spacial score (nSPS) is 12.2. The number of hydrogen-bond acceptors (Lipinski definition) is 3. The van der Waals surface area contributed by atoms with Crippen LogP contribution in [0.1, 0.15) is 5.56 Å². The van der Waals surface area contributed by atoms with E-state index in [9.17, 15) is 4.79 Å². The first-order chi connectivity index (χ1) is 7.58. The molecule has 0 bridgehead atoms. The SMILES string of the molecule is COc1ccc(Br)cc1CC(OC)C(=O)O. The van der Waals surface area contributed by atoms with Crippen LogP contribution in [0.3, 0.4) is 0 Å². The van der Waals surface area contributed by atoms with E-state index in [1.807, 2.05) is 12.1 Å². The van der Waals surface area contributed by atoms with Crippen LogP contribution in [0.5, 0.6) is 5.75 Å². The molecule has 16 heavy (non-hydrogen) atoms. The van der Waals surface area contributed by atoms with Crippen molar-refractivity contribution in [3.8, 4) is 5.75 Å². The lowest BCUT2D eigenvalue weighted by Gasteiger charge is -2.13. The van der Waals surface area contributed by atoms with Crippen LogP contribution in [0.2, 0.25) is 0 Å². The van der Waals surface area contributed by atoms with E-state index in [4.69, 9.17) is 14.6 Å². The van der Waals surface area contributed by atoms with Crippen molar-refractivity contribution in [2.24, 2.45) is 0 Å². The molecule has 1 rings (SSSR count). The summed E-state index contributed by atoms with van der Waals surface area (Å²) in [4.78, 5) is 10.8. The third kappa shape index (κ3) is 3.21. The second kappa shape index (κ2) is 5.86. The third-order valence-electron chi connectivity index (χ3n) is 2.21. The van der Waals surface area contributed by atoms with Gasteiger partial charge in [0, 0.05) is 18.0 Å². The van der Waals surface area contributed by atoms with E-state index < -0.39 is 12.1 Å². The van der Waals surface area contributed by atoms with Crippen molar-refractivity contribution < 1.29 is 19.4 Å². The van der Waals surface area contributed by atoms with Crippen LogP contribution in [0.4, 0.5) is 0 Å². The van der Waals surface area contributed by atoms with Crippen molar-refractivity contribution in [1.82, 2.24) is 0 Å². The average Bonchev–Trinajstić information content (AvgIpc) is 2.25. The first kappa shape index (κ1) is 13.0. The molecule has 1 unspecified atom stereocenters. The average molecular weight is 289 g/mol. The third-order valence-corrected chi connectivity index (χ3v) is 2.70. The lowest BCUT2D eigenvalue weighted by Crippen LogP contribution is -2.25. The van der Waals surface area contributed by atoms with E-state index in [0.29, 0.717) is 5.75 Å². The van der Waals surface area contributed by atoms with Crippen molar-refractivity contribution in [2.75, 3.05) is 14.2 Å². The molecular weight excluding hydrogens is 276 g/mol. The van der Waals surface area contributed by atoms with E-state index in [0.717, 1.165) is 10.0 Å². The molecule has 0 aromatic heterocycles. The van der Waals surface area contributed by atoms with Gasteiger partial charge < -0.3 is 14.6 Å². The Labute approximate surface area is 102 Å². The summed E-state index contributed by atoms with van der Waals surface area (Å²) in [5.41, 5.74) is 0.797. The fourth-order valence-corrected chi connectivity index (χ4v) is 1.79. The monoisotopic (exact) mass is 288 g/mol. The summed E-state index contributed by atoms with van der Waals surface area (Å²) in [5.74, 6) is -0.323. The molecule has 0 aliphatic heterocycles. The van der Waals surface area contributed by atoms with Crippen LogP contribution < -0.4 is 4.74 Å². The Morgan fingerprint density at radius 2 is 2.19 bits per heavy atom. The summed E-state index contributed by atoms with van der Waals surface area (Å²) >= 11 is 3.33. The van der Waals surface area contributed by atoms with E-state index in [1.165, 1.54) is 7.11 Å². The molecule has 0 saturated carbocycles. The topological polar surface area (TPSA) is 55.8 Å². The van der Waals surface area contributed by atoms with Crippen molar-refractivity contribution in [2.45, 2.75) is 12.5 Å². The highest BCUT2D eigenvalue weighted by molar-refractivity contribution is 9.10. The number of ether oxygens (including phenoxy) is 2. The standard InChI is InChI=1S/C11H13BrO4/c1-15-9-4-3-8(12)5-7(9)6-10(16-2)11(13)14/h3-5,10H,6H2,1-2H3,(H,13,14). The number of carbonyl (C=O) groups is 1. The molecule has 0 spiro atoms. The first-order valence-corrected chi connectivity index (χ1v) is 5.45. The zero-order chi connectivity index (χ0) is 12.1. The summed E-state index contributed by atoms with van der Waals surface area (Å²) in [7, 11) is 2.93. The molecule has 0 saturated heterocycles. The van der Waals surface area contributed by atoms with Gasteiger partial charge in [-0.3, -0.25) is 0 Å². The minimum Gasteiger partial charge on any atom is -0.496 e. The molecule has 5 heteroatoms. The molecule has 1 N–H and O–H groups in total. The molecule has 88 valence electrons. The Balaban J connectivity index is 2.93. The molecule has 0 radical (unpaired) electrons. The van der Waals surface area contributed by atoms with Gasteiger partial charge in [0.15, 0.2) is 6.10 Å². The minimum absolute atomic E-state index is 0.272. The van der Waals surface area contributed by atoms with Gasteiger partial charge in [-0.05, 0) is 23.8 Å². The van der Waals surface area contributed by atoms with Crippen LogP contribution in [0.15, 0.2) is 22.7 Å². The van der Waals surface area contributed by atoms with Gasteiger partial charge >= 0.3 is 5.97 Å².